The Labute approximate surface area is 140 Å². The standard InChI is InChI=1S/C17H20N4O3/c1-3-13(10-11(2)22)20-15(23)8-9-16(24)21-14-6-4-12(5-7-14)17(18)19/h1,4-7,13,22H,2,8-10H2,(H3,18,19)(H,20,23)(H,21,24). The number of nitrogens with two attached hydrogens (primary N) is 1. The predicted octanol–water partition coefficient (Wildman–Crippen LogP) is 1.27. The molecule has 0 radical (unpaired) electrons. The van der Waals surface area contributed by atoms with E-state index in [1.807, 2.05) is 0 Å². The topological polar surface area (TPSA) is 128 Å². The zero-order chi connectivity index (χ0) is 18.1. The van der Waals surface area contributed by atoms with Crippen molar-refractivity contribution in [3.05, 3.63) is 42.2 Å². The van der Waals surface area contributed by atoms with Crippen molar-refractivity contribution in [1.82, 2.24) is 5.32 Å². The number of hydrogen-bond donors (Lipinski definition) is 5. The molecule has 6 N–H and O–H groups in total. The van der Waals surface area contributed by atoms with Crippen LogP contribution in [0.25, 0.3) is 0 Å². The van der Waals surface area contributed by atoms with E-state index in [0.717, 1.165) is 0 Å². The molecule has 24 heavy (non-hydrogen) atoms. The number of aliphatic hydroxyl groups is 1. The molecule has 1 aromatic carbocycles. The minimum Gasteiger partial charge on any atom is -0.513 e. The third kappa shape index (κ3) is 6.66. The molecule has 2 amide bonds. The van der Waals surface area contributed by atoms with E-state index in [2.05, 4.69) is 23.1 Å². The molecule has 0 aliphatic carbocycles. The van der Waals surface area contributed by atoms with Gasteiger partial charge in [0.2, 0.25) is 11.8 Å². The summed E-state index contributed by atoms with van der Waals surface area (Å²) >= 11 is 0. The fourth-order valence-electron chi connectivity index (χ4n) is 1.84. The highest BCUT2D eigenvalue weighted by Crippen LogP contribution is 2.10. The van der Waals surface area contributed by atoms with Gasteiger partial charge in [-0.15, -0.1) is 6.42 Å². The van der Waals surface area contributed by atoms with Gasteiger partial charge in [-0.3, -0.25) is 15.0 Å². The lowest BCUT2D eigenvalue weighted by Gasteiger charge is -2.12. The Balaban J connectivity index is 2.42. The molecule has 0 aliphatic rings. The van der Waals surface area contributed by atoms with Gasteiger partial charge in [-0.1, -0.05) is 12.5 Å². The first-order chi connectivity index (χ1) is 11.3. The fraction of sp³-hybridized carbons (Fsp3) is 0.235. The highest BCUT2D eigenvalue weighted by atomic mass is 16.3. The second-order valence-corrected chi connectivity index (χ2v) is 5.10. The van der Waals surface area contributed by atoms with Crippen LogP contribution in [-0.4, -0.2) is 28.8 Å². The maximum atomic E-state index is 11.8. The van der Waals surface area contributed by atoms with Gasteiger partial charge in [-0.2, -0.15) is 0 Å². The first kappa shape index (κ1) is 18.8. The number of rotatable bonds is 8. The number of benzene rings is 1. The molecule has 1 rings (SSSR count). The summed E-state index contributed by atoms with van der Waals surface area (Å²) in [5.74, 6) is 1.43. The van der Waals surface area contributed by atoms with Crippen molar-refractivity contribution in [2.24, 2.45) is 5.73 Å². The Morgan fingerprint density at radius 2 is 1.88 bits per heavy atom. The van der Waals surface area contributed by atoms with Crippen molar-refractivity contribution in [3.8, 4) is 12.3 Å². The van der Waals surface area contributed by atoms with E-state index < -0.39 is 6.04 Å². The van der Waals surface area contributed by atoms with Crippen LogP contribution >= 0.6 is 0 Å². The molecule has 0 aromatic heterocycles. The van der Waals surface area contributed by atoms with Crippen molar-refractivity contribution in [2.75, 3.05) is 5.32 Å². The third-order valence-electron chi connectivity index (χ3n) is 3.03. The highest BCUT2D eigenvalue weighted by molar-refractivity contribution is 5.96. The van der Waals surface area contributed by atoms with Gasteiger partial charge in [0.05, 0.1) is 11.8 Å². The largest absolute Gasteiger partial charge is 0.513 e. The van der Waals surface area contributed by atoms with Crippen molar-refractivity contribution in [3.63, 3.8) is 0 Å². The molecule has 126 valence electrons. The summed E-state index contributed by atoms with van der Waals surface area (Å²) in [6, 6.07) is 5.82. The Morgan fingerprint density at radius 1 is 1.29 bits per heavy atom. The fourth-order valence-corrected chi connectivity index (χ4v) is 1.84. The van der Waals surface area contributed by atoms with Crippen LogP contribution in [0, 0.1) is 17.8 Å². The average molecular weight is 328 g/mol. The smallest absolute Gasteiger partial charge is 0.224 e. The summed E-state index contributed by atoms with van der Waals surface area (Å²) in [6.07, 6.45) is 5.26. The number of nitrogens with one attached hydrogen (secondary N) is 3. The molecule has 0 bridgehead atoms. The van der Waals surface area contributed by atoms with Gasteiger partial charge in [0.25, 0.3) is 0 Å². The lowest BCUT2D eigenvalue weighted by Crippen LogP contribution is -2.34. The minimum absolute atomic E-state index is 0.0162. The van der Waals surface area contributed by atoms with Gasteiger partial charge < -0.3 is 21.5 Å². The van der Waals surface area contributed by atoms with Crippen LogP contribution in [0.2, 0.25) is 0 Å². The molecule has 0 saturated carbocycles. The average Bonchev–Trinajstić information content (AvgIpc) is 2.52. The molecule has 0 spiro atoms. The summed E-state index contributed by atoms with van der Waals surface area (Å²) in [7, 11) is 0. The second kappa shape index (κ2) is 9.00. The molecule has 0 heterocycles. The van der Waals surface area contributed by atoms with Gasteiger partial charge in [-0.05, 0) is 24.3 Å². The van der Waals surface area contributed by atoms with E-state index in [1.165, 1.54) is 0 Å². The molecule has 1 unspecified atom stereocenters. The number of carbonyl (C=O) groups is 2. The van der Waals surface area contributed by atoms with E-state index in [0.29, 0.717) is 11.3 Å². The molecule has 0 aliphatic heterocycles. The van der Waals surface area contributed by atoms with E-state index in [1.54, 1.807) is 24.3 Å². The monoisotopic (exact) mass is 328 g/mol. The Hall–Kier alpha value is -3.27. The molecule has 7 heteroatoms. The van der Waals surface area contributed by atoms with Gasteiger partial charge >= 0.3 is 0 Å². The molecule has 1 aromatic rings. The Morgan fingerprint density at radius 3 is 2.38 bits per heavy atom. The second-order valence-electron chi connectivity index (χ2n) is 5.10. The number of anilines is 1. The third-order valence-corrected chi connectivity index (χ3v) is 3.03. The number of amides is 2. The minimum atomic E-state index is -0.655. The van der Waals surface area contributed by atoms with Crippen LogP contribution in [0.5, 0.6) is 0 Å². The lowest BCUT2D eigenvalue weighted by atomic mass is 10.1. The van der Waals surface area contributed by atoms with Crippen LogP contribution in [0.3, 0.4) is 0 Å². The Bertz CT molecular complexity index is 674. The van der Waals surface area contributed by atoms with Crippen LogP contribution in [0.4, 0.5) is 5.69 Å². The van der Waals surface area contributed by atoms with E-state index in [9.17, 15) is 9.59 Å². The first-order valence-electron chi connectivity index (χ1n) is 7.18. The maximum Gasteiger partial charge on any atom is 0.224 e. The Kier molecular flexibility index (Phi) is 7.04. The SMILES string of the molecule is C#CC(CC(=C)O)NC(=O)CCC(=O)Nc1ccc(C(=N)N)cc1. The van der Waals surface area contributed by atoms with Crippen LogP contribution in [0.15, 0.2) is 36.6 Å². The zero-order valence-electron chi connectivity index (χ0n) is 13.1. The number of amidine groups is 1. The molecular formula is C17H20N4O3. The summed E-state index contributed by atoms with van der Waals surface area (Å²) in [4.78, 5) is 23.6. The van der Waals surface area contributed by atoms with Crippen molar-refractivity contribution < 1.29 is 14.7 Å². The summed E-state index contributed by atoms with van der Waals surface area (Å²) in [6.45, 7) is 3.31. The summed E-state index contributed by atoms with van der Waals surface area (Å²) in [5, 5.41) is 21.5. The molecule has 0 saturated heterocycles. The summed E-state index contributed by atoms with van der Waals surface area (Å²) in [5.41, 5.74) is 6.44. The zero-order valence-corrected chi connectivity index (χ0v) is 13.1. The van der Waals surface area contributed by atoms with E-state index in [-0.39, 0.29) is 42.7 Å². The van der Waals surface area contributed by atoms with Gasteiger partial charge in [0, 0.05) is 30.5 Å². The van der Waals surface area contributed by atoms with Crippen molar-refractivity contribution in [1.29, 1.82) is 5.41 Å². The lowest BCUT2D eigenvalue weighted by molar-refractivity contribution is -0.124. The van der Waals surface area contributed by atoms with Crippen LogP contribution in [-0.2, 0) is 9.59 Å². The van der Waals surface area contributed by atoms with Crippen molar-refractivity contribution in [2.45, 2.75) is 25.3 Å². The van der Waals surface area contributed by atoms with Crippen molar-refractivity contribution >= 4 is 23.3 Å². The van der Waals surface area contributed by atoms with Crippen LogP contribution < -0.4 is 16.4 Å². The van der Waals surface area contributed by atoms with E-state index in [4.69, 9.17) is 22.7 Å². The maximum absolute atomic E-state index is 11.8. The number of hydrogen-bond acceptors (Lipinski definition) is 4. The summed E-state index contributed by atoms with van der Waals surface area (Å²) < 4.78 is 0. The first-order valence-corrected chi connectivity index (χ1v) is 7.18. The molecule has 1 atom stereocenters. The van der Waals surface area contributed by atoms with E-state index >= 15 is 0 Å². The van der Waals surface area contributed by atoms with Gasteiger partial charge in [0.1, 0.15) is 5.84 Å². The van der Waals surface area contributed by atoms with Gasteiger partial charge in [-0.25, -0.2) is 0 Å². The number of carbonyl (C=O) groups excluding carboxylic acids is 2. The number of aliphatic hydroxyl groups excluding tert-OH is 1. The van der Waals surface area contributed by atoms with Crippen LogP contribution in [0.1, 0.15) is 24.8 Å². The molecule has 0 fully saturated rings. The highest BCUT2D eigenvalue weighted by Gasteiger charge is 2.12. The number of nitrogen functional groups attached to an aromatic ring is 1. The molecule has 7 nitrogen and oxygen atoms in total. The quantitative estimate of drug-likeness (QED) is 0.213. The predicted molar refractivity (Wildman–Crippen MR) is 92.5 cm³/mol. The number of terminal acetylenes is 1. The molecular weight excluding hydrogens is 308 g/mol. The normalized spacial score (nSPS) is 11.0. The van der Waals surface area contributed by atoms with Gasteiger partial charge in [0.15, 0.2) is 0 Å².